The molecule has 0 heterocycles. The first-order valence-electron chi connectivity index (χ1n) is 0. The van der Waals surface area contributed by atoms with Crippen molar-refractivity contribution in [2.75, 3.05) is 0 Å². The third-order valence-electron chi connectivity index (χ3n) is 0. The number of rotatable bonds is 0. The van der Waals surface area contributed by atoms with Crippen molar-refractivity contribution in [2.24, 2.45) is 0 Å². The van der Waals surface area contributed by atoms with Crippen LogP contribution < -0.4 is 0 Å². The molecule has 0 aromatic carbocycles. The van der Waals surface area contributed by atoms with Crippen molar-refractivity contribution < 1.29 is 79.7 Å². The van der Waals surface area contributed by atoms with Crippen molar-refractivity contribution in [3.05, 3.63) is 0 Å². The van der Waals surface area contributed by atoms with Crippen LogP contribution in [0.5, 0.6) is 0 Å². The molecule has 0 saturated heterocycles. The Morgan fingerprint density at radius 1 is 1.00 bits per heavy atom. The van der Waals surface area contributed by atoms with Gasteiger partial charge >= 0.3 is 74.2 Å². The molecule has 4 heteroatoms. The van der Waals surface area contributed by atoms with Crippen molar-refractivity contribution in [1.29, 1.82) is 0 Å². The standard InChI is InChI=1S/Mo.O.Re.Y/q+4;-2;+4;+3. The number of hydrogen-bond donors (Lipinski definition) is 0. The summed E-state index contributed by atoms with van der Waals surface area (Å²) in [4.78, 5) is 0. The summed E-state index contributed by atoms with van der Waals surface area (Å²) in [5.41, 5.74) is 0. The molecule has 0 amide bonds. The Morgan fingerprint density at radius 3 is 1.00 bits per heavy atom. The van der Waals surface area contributed by atoms with E-state index in [-0.39, 0.29) is 79.7 Å². The van der Waals surface area contributed by atoms with Crippen molar-refractivity contribution >= 4 is 0 Å². The molecule has 1 nitrogen and oxygen atoms in total. The molecule has 0 spiro atoms. The van der Waals surface area contributed by atoms with Crippen LogP contribution in [0, 0.1) is 0 Å². The normalized spacial score (nSPS) is 0. The summed E-state index contributed by atoms with van der Waals surface area (Å²) in [6.45, 7) is 0. The van der Waals surface area contributed by atoms with Crippen LogP contribution in [0.2, 0.25) is 0 Å². The van der Waals surface area contributed by atoms with Crippen LogP contribution in [0.15, 0.2) is 0 Å². The summed E-state index contributed by atoms with van der Waals surface area (Å²) >= 11 is 0. The van der Waals surface area contributed by atoms with E-state index in [9.17, 15) is 0 Å². The first kappa shape index (κ1) is 32.3. The van der Waals surface area contributed by atoms with E-state index in [4.69, 9.17) is 0 Å². The average Bonchev–Trinajstić information content (AvgIpc) is 0. The zero-order valence-corrected chi connectivity index (χ0v) is 9.33. The SMILES string of the molecule is [Mo+4].[O-2].[Re+4].[Y+3]. The molecule has 13 valence electrons. The molecule has 0 rings (SSSR count). The van der Waals surface area contributed by atoms with Gasteiger partial charge in [0.05, 0.1) is 0 Å². The van der Waals surface area contributed by atoms with Gasteiger partial charge in [-0.2, -0.15) is 0 Å². The van der Waals surface area contributed by atoms with Gasteiger partial charge in [0.1, 0.15) is 0 Å². The van der Waals surface area contributed by atoms with Crippen LogP contribution in [0.4, 0.5) is 0 Å². The number of hydrogen-bond acceptors (Lipinski definition) is 0. The van der Waals surface area contributed by atoms with E-state index in [2.05, 4.69) is 0 Å². The van der Waals surface area contributed by atoms with Crippen molar-refractivity contribution in [3.8, 4) is 0 Å². The van der Waals surface area contributed by atoms with E-state index in [0.29, 0.717) is 0 Å². The van der Waals surface area contributed by atoms with Gasteiger partial charge in [-0.05, 0) is 0 Å². The summed E-state index contributed by atoms with van der Waals surface area (Å²) < 4.78 is 0. The fraction of sp³-hybridized carbons (Fsp3) is 0. The molecule has 0 bridgehead atoms. The minimum absolute atomic E-state index is 0. The minimum atomic E-state index is 0. The molecule has 0 unspecified atom stereocenters. The molecule has 0 aliphatic carbocycles. The molecule has 0 aliphatic rings. The second kappa shape index (κ2) is 18.1. The maximum absolute atomic E-state index is 0. The molecule has 0 aliphatic heterocycles. The first-order chi connectivity index (χ1) is 0. The molecule has 0 aromatic heterocycles. The summed E-state index contributed by atoms with van der Waals surface area (Å²) in [5.74, 6) is 0. The van der Waals surface area contributed by atoms with Crippen molar-refractivity contribution in [2.45, 2.75) is 0 Å². The first-order valence-corrected chi connectivity index (χ1v) is 0. The zero-order chi connectivity index (χ0) is 0. The smallest absolute Gasteiger partial charge is 2.00 e. The quantitative estimate of drug-likeness (QED) is 0.519. The van der Waals surface area contributed by atoms with E-state index < -0.39 is 0 Å². The summed E-state index contributed by atoms with van der Waals surface area (Å²) in [5, 5.41) is 0. The van der Waals surface area contributed by atoms with Gasteiger partial charge < -0.3 is 5.48 Å². The van der Waals surface area contributed by atoms with Gasteiger partial charge in [0.25, 0.3) is 0 Å². The fourth-order valence-electron chi connectivity index (χ4n) is 0. The molecule has 0 atom stereocenters. The van der Waals surface area contributed by atoms with E-state index in [1.165, 1.54) is 0 Å². The van der Waals surface area contributed by atoms with E-state index in [1.807, 2.05) is 0 Å². The van der Waals surface area contributed by atoms with E-state index in [1.54, 1.807) is 0 Å². The third-order valence-corrected chi connectivity index (χ3v) is 0. The van der Waals surface area contributed by atoms with Gasteiger partial charge in [0.15, 0.2) is 0 Å². The fourth-order valence-corrected chi connectivity index (χ4v) is 0. The Kier molecular flexibility index (Phi) is 146. The molecule has 0 aromatic rings. The van der Waals surface area contributed by atoms with Crippen LogP contribution in [0.25, 0.3) is 0 Å². The maximum Gasteiger partial charge on any atom is 4.00 e. The second-order valence-corrected chi connectivity index (χ2v) is 0. The molecule has 4 heavy (non-hydrogen) atoms. The Hall–Kier alpha value is 2.41. The van der Waals surface area contributed by atoms with Gasteiger partial charge in [-0.3, -0.25) is 0 Å². The van der Waals surface area contributed by atoms with Gasteiger partial charge in [-0.1, -0.05) is 0 Å². The Labute approximate surface area is 78.4 Å². The van der Waals surface area contributed by atoms with E-state index >= 15 is 0 Å². The molecule has 0 N–H and O–H groups in total. The van der Waals surface area contributed by atoms with Gasteiger partial charge in [-0.15, -0.1) is 0 Å². The summed E-state index contributed by atoms with van der Waals surface area (Å²) in [7, 11) is 0. The zero-order valence-electron chi connectivity index (χ0n) is 1.77. The van der Waals surface area contributed by atoms with Crippen LogP contribution in [0.3, 0.4) is 0 Å². The Bertz CT molecular complexity index is 8.00. The Balaban J connectivity index is 0. The van der Waals surface area contributed by atoms with Crippen LogP contribution in [-0.4, -0.2) is 0 Å². The van der Waals surface area contributed by atoms with Gasteiger partial charge in [0.2, 0.25) is 0 Å². The molecule has 0 saturated carbocycles. The molecular weight excluding hydrogens is 387 g/mol. The maximum atomic E-state index is 0. The average molecular weight is 387 g/mol. The predicted octanol–water partition coefficient (Wildman–Crippen LogP) is -0.126. The predicted molar refractivity (Wildman–Crippen MR) is 0.686 cm³/mol. The van der Waals surface area contributed by atoms with Crippen LogP contribution >= 0.6 is 0 Å². The third kappa shape index (κ3) is 8.83. The van der Waals surface area contributed by atoms with Crippen molar-refractivity contribution in [1.82, 2.24) is 0 Å². The van der Waals surface area contributed by atoms with Crippen LogP contribution in [-0.2, 0) is 79.7 Å². The van der Waals surface area contributed by atoms with Crippen LogP contribution in [0.1, 0.15) is 0 Å². The monoisotopic (exact) mass is 390 g/mol. The molecule has 0 fully saturated rings. The molecule has 1 radical (unpaired) electrons. The summed E-state index contributed by atoms with van der Waals surface area (Å²) in [6, 6.07) is 0. The van der Waals surface area contributed by atoms with Crippen molar-refractivity contribution in [3.63, 3.8) is 0 Å². The Morgan fingerprint density at radius 2 is 1.00 bits per heavy atom. The largest absolute Gasteiger partial charge is 4.00 e. The molecular formula is MoOReY+9. The van der Waals surface area contributed by atoms with Gasteiger partial charge in [0, 0.05) is 0 Å². The summed E-state index contributed by atoms with van der Waals surface area (Å²) in [6.07, 6.45) is 0. The van der Waals surface area contributed by atoms with Gasteiger partial charge in [-0.25, -0.2) is 0 Å². The second-order valence-electron chi connectivity index (χ2n) is 0. The minimum Gasteiger partial charge on any atom is -2.00 e. The van der Waals surface area contributed by atoms with E-state index in [0.717, 1.165) is 0 Å². The topological polar surface area (TPSA) is 28.5 Å².